The molecule has 1 saturated carbocycles. The highest BCUT2D eigenvalue weighted by atomic mass is 16.7. The van der Waals surface area contributed by atoms with Gasteiger partial charge in [-0.2, -0.15) is 0 Å². The molecule has 2 aliphatic rings. The van der Waals surface area contributed by atoms with Gasteiger partial charge >= 0.3 is 13.1 Å². The smallest absolute Gasteiger partial charge is 0.504 e. The number of carbonyl (C=O) groups is 1. The van der Waals surface area contributed by atoms with Crippen LogP contribution in [0.2, 0.25) is 0 Å². The molecule has 0 radical (unpaired) electrons. The van der Waals surface area contributed by atoms with E-state index in [1.807, 2.05) is 6.07 Å². The zero-order valence-corrected chi connectivity index (χ0v) is 10.7. The average Bonchev–Trinajstić information content (AvgIpc) is 2.74. The molecule has 1 aromatic carbocycles. The van der Waals surface area contributed by atoms with E-state index in [1.165, 1.54) is 0 Å². The first-order valence-electron chi connectivity index (χ1n) is 6.50. The van der Waals surface area contributed by atoms with Crippen molar-refractivity contribution in [2.24, 2.45) is 0 Å². The number of aliphatic hydroxyl groups is 3. The van der Waals surface area contributed by atoms with Crippen molar-refractivity contribution in [2.45, 2.75) is 36.8 Å². The Balaban J connectivity index is 1.84. The first-order valence-corrected chi connectivity index (χ1v) is 6.50. The maximum Gasteiger partial charge on any atom is 0.565 e. The van der Waals surface area contributed by atoms with Gasteiger partial charge in [0, 0.05) is 12.8 Å². The number of carbonyl (C=O) groups excluding carboxylic acids is 1. The Hall–Kier alpha value is -1.41. The summed E-state index contributed by atoms with van der Waals surface area (Å²) in [4.78, 5) is 12.1. The lowest BCUT2D eigenvalue weighted by molar-refractivity contribution is -0.167. The van der Waals surface area contributed by atoms with Crippen molar-refractivity contribution < 1.29 is 29.4 Å². The van der Waals surface area contributed by atoms with Crippen LogP contribution in [0.4, 0.5) is 0 Å². The van der Waals surface area contributed by atoms with Crippen LogP contribution >= 0.6 is 0 Å². The quantitative estimate of drug-likeness (QED) is 0.545. The summed E-state index contributed by atoms with van der Waals surface area (Å²) in [5.74, 6) is -0.614. The summed E-state index contributed by atoms with van der Waals surface area (Å²) < 4.78 is 10.9. The first kappa shape index (κ1) is 13.6. The Kier molecular flexibility index (Phi) is 3.29. The van der Waals surface area contributed by atoms with Gasteiger partial charge in [-0.25, -0.2) is 0 Å². The summed E-state index contributed by atoms with van der Waals surface area (Å²) in [5, 5.41) is 29.1. The van der Waals surface area contributed by atoms with E-state index in [9.17, 15) is 20.1 Å². The van der Waals surface area contributed by atoms with Gasteiger partial charge in [-0.1, -0.05) is 30.3 Å². The highest BCUT2D eigenvalue weighted by molar-refractivity contribution is 6.64. The molecule has 1 saturated heterocycles. The minimum Gasteiger partial charge on any atom is -0.504 e. The van der Waals surface area contributed by atoms with Crippen molar-refractivity contribution in [3.8, 4) is 0 Å². The van der Waals surface area contributed by atoms with Crippen LogP contribution in [0.5, 0.6) is 0 Å². The molecule has 6 nitrogen and oxygen atoms in total. The van der Waals surface area contributed by atoms with E-state index in [0.29, 0.717) is 5.46 Å². The van der Waals surface area contributed by atoms with E-state index in [-0.39, 0.29) is 12.8 Å². The van der Waals surface area contributed by atoms with E-state index < -0.39 is 37.0 Å². The first-order chi connectivity index (χ1) is 9.52. The molecule has 1 spiro atoms. The van der Waals surface area contributed by atoms with Gasteiger partial charge in [0.2, 0.25) is 0 Å². The molecular weight excluding hydrogens is 263 g/mol. The Morgan fingerprint density at radius 3 is 2.30 bits per heavy atom. The lowest BCUT2D eigenvalue weighted by Crippen LogP contribution is -2.55. The van der Waals surface area contributed by atoms with Crippen LogP contribution in [-0.2, 0) is 14.1 Å². The third kappa shape index (κ3) is 2.12. The van der Waals surface area contributed by atoms with Crippen molar-refractivity contribution in [3.05, 3.63) is 30.3 Å². The molecule has 0 bridgehead atoms. The summed E-state index contributed by atoms with van der Waals surface area (Å²) in [5.41, 5.74) is -0.703. The van der Waals surface area contributed by atoms with Crippen molar-refractivity contribution >= 4 is 18.6 Å². The van der Waals surface area contributed by atoms with Crippen LogP contribution in [0.3, 0.4) is 0 Å². The van der Waals surface area contributed by atoms with Gasteiger partial charge < -0.3 is 24.6 Å². The van der Waals surface area contributed by atoms with E-state index in [1.54, 1.807) is 24.3 Å². The molecule has 0 unspecified atom stereocenters. The topological polar surface area (TPSA) is 96.2 Å². The fraction of sp³-hybridized carbons (Fsp3) is 0.462. The summed E-state index contributed by atoms with van der Waals surface area (Å²) in [6, 6.07) is 8.96. The van der Waals surface area contributed by atoms with Gasteiger partial charge in [0.25, 0.3) is 0 Å². The molecule has 1 heterocycles. The van der Waals surface area contributed by atoms with Gasteiger partial charge in [0.15, 0.2) is 5.60 Å². The number of hydrogen-bond acceptors (Lipinski definition) is 6. The molecule has 2 fully saturated rings. The van der Waals surface area contributed by atoms with Crippen LogP contribution in [0.1, 0.15) is 12.8 Å². The number of aliphatic hydroxyl groups excluding tert-OH is 3. The highest BCUT2D eigenvalue weighted by Gasteiger charge is 2.58. The molecule has 7 heteroatoms. The van der Waals surface area contributed by atoms with Crippen LogP contribution in [0.15, 0.2) is 30.3 Å². The molecule has 1 aromatic rings. The third-order valence-corrected chi connectivity index (χ3v) is 3.86. The van der Waals surface area contributed by atoms with Gasteiger partial charge in [-0.15, -0.1) is 0 Å². The highest BCUT2D eigenvalue weighted by Crippen LogP contribution is 2.37. The fourth-order valence-electron chi connectivity index (χ4n) is 2.75. The molecule has 106 valence electrons. The van der Waals surface area contributed by atoms with Gasteiger partial charge in [0.1, 0.15) is 6.10 Å². The minimum atomic E-state index is -1.39. The summed E-state index contributed by atoms with van der Waals surface area (Å²) in [6.07, 6.45) is -3.89. The molecule has 0 amide bonds. The van der Waals surface area contributed by atoms with Gasteiger partial charge in [-0.3, -0.25) is 4.79 Å². The summed E-state index contributed by atoms with van der Waals surface area (Å²) in [6.45, 7) is 0. The zero-order chi connectivity index (χ0) is 14.3. The Labute approximate surface area is 116 Å². The van der Waals surface area contributed by atoms with Crippen LogP contribution < -0.4 is 5.46 Å². The largest absolute Gasteiger partial charge is 0.565 e. The molecule has 1 aliphatic heterocycles. The van der Waals surface area contributed by atoms with Gasteiger partial charge in [0.05, 0.1) is 12.2 Å². The van der Waals surface area contributed by atoms with Crippen LogP contribution in [0.25, 0.3) is 0 Å². The molecule has 0 aromatic heterocycles. The van der Waals surface area contributed by atoms with Crippen molar-refractivity contribution in [1.29, 1.82) is 0 Å². The predicted octanol–water partition coefficient (Wildman–Crippen LogP) is -1.43. The normalized spacial score (nSPS) is 37.2. The maximum atomic E-state index is 12.1. The second-order valence-corrected chi connectivity index (χ2v) is 5.29. The van der Waals surface area contributed by atoms with Crippen LogP contribution in [0, 0.1) is 0 Å². The van der Waals surface area contributed by atoms with Crippen molar-refractivity contribution in [2.75, 3.05) is 0 Å². The number of hydrogen-bond donors (Lipinski definition) is 3. The molecule has 1 aliphatic carbocycles. The monoisotopic (exact) mass is 278 g/mol. The van der Waals surface area contributed by atoms with Crippen molar-refractivity contribution in [3.63, 3.8) is 0 Å². The maximum absolute atomic E-state index is 12.1. The number of benzene rings is 1. The Bertz CT molecular complexity index is 495. The second-order valence-electron chi connectivity index (χ2n) is 5.29. The SMILES string of the molecule is O=C1OB(c2ccccc2)OC12C[C@@H](O)C(O)[C@H](O)C2. The van der Waals surface area contributed by atoms with Crippen LogP contribution in [-0.4, -0.2) is 52.3 Å². The Morgan fingerprint density at radius 1 is 1.10 bits per heavy atom. The standard InChI is InChI=1S/C13H15BO6/c15-9-6-13(7-10(16)11(9)17)12(18)19-14(20-13)8-4-2-1-3-5-8/h1-5,9-11,15-17H,6-7H2/t9-,10-,11?,13?/m1/s1. The van der Waals surface area contributed by atoms with E-state index in [0.717, 1.165) is 0 Å². The Morgan fingerprint density at radius 2 is 1.70 bits per heavy atom. The lowest BCUT2D eigenvalue weighted by Gasteiger charge is -2.38. The average molecular weight is 278 g/mol. The van der Waals surface area contributed by atoms with Gasteiger partial charge in [-0.05, 0) is 5.46 Å². The van der Waals surface area contributed by atoms with E-state index >= 15 is 0 Å². The van der Waals surface area contributed by atoms with Crippen molar-refractivity contribution in [1.82, 2.24) is 0 Å². The van der Waals surface area contributed by atoms with E-state index in [4.69, 9.17) is 9.31 Å². The fourth-order valence-corrected chi connectivity index (χ4v) is 2.75. The molecule has 20 heavy (non-hydrogen) atoms. The minimum absolute atomic E-state index is 0.0899. The lowest BCUT2D eigenvalue weighted by atomic mass is 9.77. The summed E-state index contributed by atoms with van der Waals surface area (Å²) >= 11 is 0. The molecular formula is C13H15BO6. The molecule has 3 N–H and O–H groups in total. The molecule has 3 rings (SSSR count). The van der Waals surface area contributed by atoms with E-state index in [2.05, 4.69) is 0 Å². The second kappa shape index (κ2) is 4.85. The number of rotatable bonds is 1. The zero-order valence-electron chi connectivity index (χ0n) is 10.7. The molecule has 2 atom stereocenters. The summed E-state index contributed by atoms with van der Waals surface area (Å²) in [7, 11) is -0.849. The third-order valence-electron chi connectivity index (χ3n) is 3.86. The predicted molar refractivity (Wildman–Crippen MR) is 69.0 cm³/mol.